The second kappa shape index (κ2) is 7.96. The van der Waals surface area contributed by atoms with Crippen LogP contribution in [0, 0.1) is 0 Å². The van der Waals surface area contributed by atoms with Crippen molar-refractivity contribution in [1.82, 2.24) is 15.1 Å². The van der Waals surface area contributed by atoms with Gasteiger partial charge in [-0.25, -0.2) is 0 Å². The molecular formula is C17H18ClF3N4O3. The molecule has 152 valence electrons. The van der Waals surface area contributed by atoms with Crippen molar-refractivity contribution in [1.29, 1.82) is 0 Å². The molecule has 0 radical (unpaired) electrons. The van der Waals surface area contributed by atoms with Crippen LogP contribution < -0.4 is 5.32 Å². The van der Waals surface area contributed by atoms with Gasteiger partial charge in [0.2, 0.25) is 11.8 Å². The third kappa shape index (κ3) is 4.93. The van der Waals surface area contributed by atoms with Gasteiger partial charge < -0.3 is 14.6 Å². The summed E-state index contributed by atoms with van der Waals surface area (Å²) in [6.07, 6.45) is -5.69. The van der Waals surface area contributed by atoms with Gasteiger partial charge in [-0.3, -0.25) is 9.53 Å². The standard InChI is InChI=1S/C17H18ClF3N4O3/c1-9-7-13(28-17(19,20)21)8-25(9)15(26)10(2)22-16-24-23-14(27-16)11-3-5-12(18)6-4-11/h3-6,9-10,13H,7-8H2,1-2H3,(H,22,24)/t9-,10-,13+/m1/s1. The monoisotopic (exact) mass is 418 g/mol. The van der Waals surface area contributed by atoms with Gasteiger partial charge in [-0.1, -0.05) is 16.7 Å². The van der Waals surface area contributed by atoms with Gasteiger partial charge >= 0.3 is 12.4 Å². The Balaban J connectivity index is 1.61. The molecule has 0 bridgehead atoms. The summed E-state index contributed by atoms with van der Waals surface area (Å²) in [5, 5.41) is 11.1. The second-order valence-electron chi connectivity index (χ2n) is 6.55. The summed E-state index contributed by atoms with van der Waals surface area (Å²) in [5.41, 5.74) is 0.657. The maximum absolute atomic E-state index is 12.6. The van der Waals surface area contributed by atoms with E-state index in [0.717, 1.165) is 0 Å². The van der Waals surface area contributed by atoms with Crippen molar-refractivity contribution in [3.63, 3.8) is 0 Å². The van der Waals surface area contributed by atoms with E-state index in [0.29, 0.717) is 10.6 Å². The topological polar surface area (TPSA) is 80.5 Å². The lowest BCUT2D eigenvalue weighted by atomic mass is 10.2. The normalized spacial score (nSPS) is 21.0. The quantitative estimate of drug-likeness (QED) is 0.797. The van der Waals surface area contributed by atoms with Crippen LogP contribution in [-0.4, -0.2) is 52.1 Å². The molecule has 0 unspecified atom stereocenters. The summed E-state index contributed by atoms with van der Waals surface area (Å²) < 4.78 is 46.7. The van der Waals surface area contributed by atoms with Crippen LogP contribution >= 0.6 is 11.6 Å². The van der Waals surface area contributed by atoms with E-state index in [4.69, 9.17) is 16.0 Å². The Bertz CT molecular complexity index is 828. The summed E-state index contributed by atoms with van der Waals surface area (Å²) in [6.45, 7) is 3.11. The highest BCUT2D eigenvalue weighted by atomic mass is 35.5. The highest BCUT2D eigenvalue weighted by molar-refractivity contribution is 6.30. The minimum absolute atomic E-state index is 0.0285. The number of nitrogens with zero attached hydrogens (tertiary/aromatic N) is 3. The summed E-state index contributed by atoms with van der Waals surface area (Å²) in [6, 6.07) is 5.65. The zero-order valence-corrected chi connectivity index (χ0v) is 15.8. The second-order valence-corrected chi connectivity index (χ2v) is 6.98. The van der Waals surface area contributed by atoms with E-state index in [2.05, 4.69) is 20.3 Å². The first-order valence-corrected chi connectivity index (χ1v) is 8.91. The zero-order valence-electron chi connectivity index (χ0n) is 15.0. The first-order chi connectivity index (χ1) is 13.1. The molecule has 28 heavy (non-hydrogen) atoms. The average molecular weight is 419 g/mol. The lowest BCUT2D eigenvalue weighted by Gasteiger charge is -2.25. The van der Waals surface area contributed by atoms with Gasteiger partial charge in [-0.15, -0.1) is 18.3 Å². The maximum atomic E-state index is 12.6. The van der Waals surface area contributed by atoms with Gasteiger partial charge in [0.25, 0.3) is 0 Å². The molecule has 1 N–H and O–H groups in total. The molecule has 1 fully saturated rings. The van der Waals surface area contributed by atoms with Gasteiger partial charge in [0, 0.05) is 23.2 Å². The van der Waals surface area contributed by atoms with Crippen molar-refractivity contribution in [2.75, 3.05) is 11.9 Å². The lowest BCUT2D eigenvalue weighted by molar-refractivity contribution is -0.340. The smallest absolute Gasteiger partial charge is 0.403 e. The number of hydrogen-bond donors (Lipinski definition) is 1. The molecule has 1 aromatic carbocycles. The summed E-state index contributed by atoms with van der Waals surface area (Å²) >= 11 is 5.84. The third-order valence-corrected chi connectivity index (χ3v) is 4.60. The van der Waals surface area contributed by atoms with Crippen LogP contribution in [0.1, 0.15) is 20.3 Å². The molecule has 1 aliphatic heterocycles. The number of aromatic nitrogens is 2. The summed E-state index contributed by atoms with van der Waals surface area (Å²) in [5.74, 6) is -0.140. The van der Waals surface area contributed by atoms with Crippen molar-refractivity contribution in [3.8, 4) is 11.5 Å². The van der Waals surface area contributed by atoms with Crippen LogP contribution in [0.15, 0.2) is 28.7 Å². The zero-order chi connectivity index (χ0) is 20.5. The Morgan fingerprint density at radius 2 is 2.04 bits per heavy atom. The molecule has 0 aliphatic carbocycles. The largest absolute Gasteiger partial charge is 0.522 e. The molecule has 3 rings (SSSR count). The molecule has 3 atom stereocenters. The fourth-order valence-electron chi connectivity index (χ4n) is 3.05. The molecule has 0 spiro atoms. The number of ether oxygens (including phenoxy) is 1. The van der Waals surface area contributed by atoms with Crippen molar-refractivity contribution in [2.45, 2.75) is 44.8 Å². The van der Waals surface area contributed by atoms with E-state index in [1.165, 1.54) is 4.90 Å². The van der Waals surface area contributed by atoms with Crippen LogP contribution in [-0.2, 0) is 9.53 Å². The van der Waals surface area contributed by atoms with E-state index >= 15 is 0 Å². The first-order valence-electron chi connectivity index (χ1n) is 8.53. The molecule has 11 heteroatoms. The average Bonchev–Trinajstić information content (AvgIpc) is 3.20. The SMILES string of the molecule is C[C@@H]1C[C@H](OC(F)(F)F)CN1C(=O)[C@@H](C)Nc1nnc(-c2ccc(Cl)cc2)o1. The van der Waals surface area contributed by atoms with E-state index < -0.39 is 18.5 Å². The van der Waals surface area contributed by atoms with E-state index in [1.807, 2.05) is 0 Å². The number of nitrogens with one attached hydrogen (secondary N) is 1. The van der Waals surface area contributed by atoms with Crippen LogP contribution in [0.3, 0.4) is 0 Å². The minimum Gasteiger partial charge on any atom is -0.403 e. The molecule has 1 amide bonds. The Labute approximate surface area is 163 Å². The third-order valence-electron chi connectivity index (χ3n) is 4.35. The molecule has 0 saturated carbocycles. The predicted octanol–water partition coefficient (Wildman–Crippen LogP) is 3.72. The number of anilines is 1. The summed E-state index contributed by atoms with van der Waals surface area (Å²) in [7, 11) is 0. The molecular weight excluding hydrogens is 401 g/mol. The molecule has 1 saturated heterocycles. The highest BCUT2D eigenvalue weighted by Gasteiger charge is 2.41. The van der Waals surface area contributed by atoms with E-state index in [1.54, 1.807) is 38.1 Å². The summed E-state index contributed by atoms with van der Waals surface area (Å²) in [4.78, 5) is 14.0. The number of likely N-dealkylation sites (tertiary alicyclic amines) is 1. The van der Waals surface area contributed by atoms with E-state index in [-0.39, 0.29) is 36.8 Å². The number of benzene rings is 1. The van der Waals surface area contributed by atoms with Crippen LogP contribution in [0.2, 0.25) is 5.02 Å². The molecule has 2 aromatic rings. The van der Waals surface area contributed by atoms with Gasteiger partial charge in [-0.2, -0.15) is 0 Å². The number of amides is 1. The van der Waals surface area contributed by atoms with E-state index in [9.17, 15) is 18.0 Å². The van der Waals surface area contributed by atoms with Crippen molar-refractivity contribution in [2.24, 2.45) is 0 Å². The number of alkyl halides is 3. The molecule has 1 aliphatic rings. The van der Waals surface area contributed by atoms with Gasteiger partial charge in [0.1, 0.15) is 6.04 Å². The minimum atomic E-state index is -4.73. The van der Waals surface area contributed by atoms with Crippen molar-refractivity contribution in [3.05, 3.63) is 29.3 Å². The maximum Gasteiger partial charge on any atom is 0.522 e. The number of halogens is 4. The predicted molar refractivity (Wildman–Crippen MR) is 94.5 cm³/mol. The fraction of sp³-hybridized carbons (Fsp3) is 0.471. The Kier molecular flexibility index (Phi) is 5.80. The molecule has 2 heterocycles. The number of carbonyl (C=O) groups excluding carboxylic acids is 1. The Hall–Kier alpha value is -2.33. The highest BCUT2D eigenvalue weighted by Crippen LogP contribution is 2.28. The van der Waals surface area contributed by atoms with Gasteiger partial charge in [0.15, 0.2) is 0 Å². The number of rotatable bonds is 5. The van der Waals surface area contributed by atoms with Crippen molar-refractivity contribution >= 4 is 23.5 Å². The van der Waals surface area contributed by atoms with Gasteiger partial charge in [-0.05, 0) is 44.5 Å². The Morgan fingerprint density at radius 1 is 1.36 bits per heavy atom. The molecule has 7 nitrogen and oxygen atoms in total. The van der Waals surface area contributed by atoms with Crippen LogP contribution in [0.25, 0.3) is 11.5 Å². The van der Waals surface area contributed by atoms with Crippen LogP contribution in [0.5, 0.6) is 0 Å². The Morgan fingerprint density at radius 3 is 2.68 bits per heavy atom. The first kappa shape index (κ1) is 20.4. The lowest BCUT2D eigenvalue weighted by Crippen LogP contribution is -2.43. The van der Waals surface area contributed by atoms with Gasteiger partial charge in [0.05, 0.1) is 6.10 Å². The number of carbonyl (C=O) groups is 1. The number of hydrogen-bond acceptors (Lipinski definition) is 6. The van der Waals surface area contributed by atoms with Crippen LogP contribution in [0.4, 0.5) is 19.2 Å². The van der Waals surface area contributed by atoms with Crippen molar-refractivity contribution < 1.29 is 27.1 Å². The molecule has 1 aromatic heterocycles. The fourth-order valence-corrected chi connectivity index (χ4v) is 3.18.